The molecule has 1 heterocycles. The molecular formula is C20H30N4O3. The van der Waals surface area contributed by atoms with E-state index >= 15 is 0 Å². The van der Waals surface area contributed by atoms with E-state index in [1.165, 1.54) is 0 Å². The van der Waals surface area contributed by atoms with Crippen molar-refractivity contribution in [2.75, 3.05) is 27.8 Å². The number of urea groups is 1. The fourth-order valence-electron chi connectivity index (χ4n) is 2.88. The molecule has 0 aliphatic rings. The Hall–Kier alpha value is -2.70. The molecule has 1 unspecified atom stereocenters. The molecule has 27 heavy (non-hydrogen) atoms. The maximum Gasteiger partial charge on any atom is 0.317 e. The van der Waals surface area contributed by atoms with Crippen LogP contribution in [-0.4, -0.2) is 48.3 Å². The predicted molar refractivity (Wildman–Crippen MR) is 105 cm³/mol. The van der Waals surface area contributed by atoms with Gasteiger partial charge < -0.3 is 24.3 Å². The first-order chi connectivity index (χ1) is 12.9. The Labute approximate surface area is 161 Å². The first-order valence-electron chi connectivity index (χ1n) is 9.07. The van der Waals surface area contributed by atoms with Crippen LogP contribution < -0.4 is 14.8 Å². The minimum atomic E-state index is -0.138. The maximum atomic E-state index is 12.6. The monoisotopic (exact) mass is 374 g/mol. The molecule has 0 saturated carbocycles. The van der Waals surface area contributed by atoms with E-state index in [2.05, 4.69) is 24.1 Å². The fourth-order valence-corrected chi connectivity index (χ4v) is 2.88. The van der Waals surface area contributed by atoms with Crippen LogP contribution >= 0.6 is 0 Å². The molecule has 7 nitrogen and oxygen atoms in total. The van der Waals surface area contributed by atoms with Crippen LogP contribution in [0.5, 0.6) is 11.5 Å². The molecule has 0 spiro atoms. The Kier molecular flexibility index (Phi) is 7.10. The average molecular weight is 374 g/mol. The van der Waals surface area contributed by atoms with Crippen molar-refractivity contribution in [2.45, 2.75) is 26.3 Å². The summed E-state index contributed by atoms with van der Waals surface area (Å²) < 4.78 is 12.5. The van der Waals surface area contributed by atoms with Crippen molar-refractivity contribution in [3.05, 3.63) is 42.0 Å². The number of aryl methyl sites for hydroxylation is 1. The SMILES string of the molecule is COc1ccc(CCN(C)C(=O)NC(c2nccn2C)C(C)C)cc1OC. The van der Waals surface area contributed by atoms with Crippen molar-refractivity contribution in [1.82, 2.24) is 19.8 Å². The molecule has 0 bridgehead atoms. The number of likely N-dealkylation sites (N-methyl/N-ethyl adjacent to an activating group) is 1. The van der Waals surface area contributed by atoms with Gasteiger partial charge in [0.25, 0.3) is 0 Å². The van der Waals surface area contributed by atoms with Crippen molar-refractivity contribution in [3.8, 4) is 11.5 Å². The van der Waals surface area contributed by atoms with Gasteiger partial charge in [-0.05, 0) is 30.0 Å². The third kappa shape index (κ3) is 5.15. The molecule has 148 valence electrons. The number of aromatic nitrogens is 2. The highest BCUT2D eigenvalue weighted by Crippen LogP contribution is 2.27. The van der Waals surface area contributed by atoms with E-state index in [9.17, 15) is 4.79 Å². The van der Waals surface area contributed by atoms with E-state index in [0.29, 0.717) is 18.0 Å². The van der Waals surface area contributed by atoms with Gasteiger partial charge >= 0.3 is 6.03 Å². The zero-order chi connectivity index (χ0) is 20.0. The van der Waals surface area contributed by atoms with Crippen molar-refractivity contribution in [1.29, 1.82) is 0 Å². The first kappa shape index (κ1) is 20.6. The summed E-state index contributed by atoms with van der Waals surface area (Å²) >= 11 is 0. The minimum absolute atomic E-state index is 0.114. The Morgan fingerprint density at radius 2 is 1.96 bits per heavy atom. The summed E-state index contributed by atoms with van der Waals surface area (Å²) in [5.41, 5.74) is 1.08. The summed E-state index contributed by atoms with van der Waals surface area (Å²) in [6, 6.07) is 5.55. The van der Waals surface area contributed by atoms with Gasteiger partial charge in [-0.3, -0.25) is 0 Å². The van der Waals surface area contributed by atoms with Crippen molar-refractivity contribution >= 4 is 6.03 Å². The van der Waals surface area contributed by atoms with Gasteiger partial charge in [0.2, 0.25) is 0 Å². The first-order valence-corrected chi connectivity index (χ1v) is 9.07. The lowest BCUT2D eigenvalue weighted by Gasteiger charge is -2.26. The molecule has 0 aliphatic carbocycles. The second-order valence-electron chi connectivity index (χ2n) is 6.93. The predicted octanol–water partition coefficient (Wildman–Crippen LogP) is 3.02. The van der Waals surface area contributed by atoms with E-state index in [4.69, 9.17) is 9.47 Å². The van der Waals surface area contributed by atoms with E-state index in [1.807, 2.05) is 36.0 Å². The standard InChI is InChI=1S/C20H30N4O3/c1-14(2)18(19-21-10-12-23(19)3)22-20(25)24(4)11-9-15-7-8-16(26-5)17(13-15)27-6/h7-8,10,12-14,18H,9,11H2,1-6H3,(H,22,25). The average Bonchev–Trinajstić information content (AvgIpc) is 3.08. The number of nitrogens with one attached hydrogen (secondary N) is 1. The molecule has 1 N–H and O–H groups in total. The summed E-state index contributed by atoms with van der Waals surface area (Å²) in [5.74, 6) is 2.47. The molecule has 7 heteroatoms. The zero-order valence-electron chi connectivity index (χ0n) is 17.0. The van der Waals surface area contributed by atoms with E-state index in [0.717, 1.165) is 17.8 Å². The number of carbonyl (C=O) groups is 1. The van der Waals surface area contributed by atoms with Gasteiger partial charge in [-0.15, -0.1) is 0 Å². The Bertz CT molecular complexity index is 757. The second-order valence-corrected chi connectivity index (χ2v) is 6.93. The van der Waals surface area contributed by atoms with Gasteiger partial charge in [0.1, 0.15) is 5.82 Å². The van der Waals surface area contributed by atoms with Crippen molar-refractivity contribution < 1.29 is 14.3 Å². The molecule has 2 aromatic rings. The van der Waals surface area contributed by atoms with Crippen molar-refractivity contribution in [3.63, 3.8) is 0 Å². The molecule has 0 radical (unpaired) electrons. The molecule has 0 saturated heterocycles. The molecule has 1 aromatic carbocycles. The van der Waals surface area contributed by atoms with Crippen LogP contribution in [0.3, 0.4) is 0 Å². The highest BCUT2D eigenvalue weighted by Gasteiger charge is 2.23. The van der Waals surface area contributed by atoms with Gasteiger partial charge in [0, 0.05) is 33.0 Å². The second kappa shape index (κ2) is 9.30. The van der Waals surface area contributed by atoms with Gasteiger partial charge in [0.15, 0.2) is 11.5 Å². The van der Waals surface area contributed by atoms with Crippen LogP contribution in [0, 0.1) is 5.92 Å². The number of rotatable bonds is 8. The molecule has 2 amide bonds. The Balaban J connectivity index is 1.98. The van der Waals surface area contributed by atoms with Crippen LogP contribution in [0.2, 0.25) is 0 Å². The fraction of sp³-hybridized carbons (Fsp3) is 0.500. The normalized spacial score (nSPS) is 12.0. The number of imidazole rings is 1. The topological polar surface area (TPSA) is 68.6 Å². The number of ether oxygens (including phenoxy) is 2. The summed E-state index contributed by atoms with van der Waals surface area (Å²) in [4.78, 5) is 18.7. The van der Waals surface area contributed by atoms with Crippen LogP contribution in [0.15, 0.2) is 30.6 Å². The van der Waals surface area contributed by atoms with E-state index in [1.54, 1.807) is 32.4 Å². The van der Waals surface area contributed by atoms with E-state index in [-0.39, 0.29) is 18.0 Å². The number of benzene rings is 1. The summed E-state index contributed by atoms with van der Waals surface area (Å²) in [7, 11) is 6.96. The quantitative estimate of drug-likeness (QED) is 0.771. The lowest BCUT2D eigenvalue weighted by Crippen LogP contribution is -2.42. The number of carbonyl (C=O) groups excluding carboxylic acids is 1. The minimum Gasteiger partial charge on any atom is -0.493 e. The zero-order valence-corrected chi connectivity index (χ0v) is 17.0. The molecule has 0 aliphatic heterocycles. The summed E-state index contributed by atoms with van der Waals surface area (Å²) in [5, 5.41) is 3.10. The van der Waals surface area contributed by atoms with Gasteiger partial charge in [0.05, 0.1) is 20.3 Å². The number of methoxy groups -OCH3 is 2. The van der Waals surface area contributed by atoms with Gasteiger partial charge in [-0.2, -0.15) is 0 Å². The van der Waals surface area contributed by atoms with Gasteiger partial charge in [-0.1, -0.05) is 19.9 Å². The molecule has 1 aromatic heterocycles. The lowest BCUT2D eigenvalue weighted by molar-refractivity contribution is 0.200. The van der Waals surface area contributed by atoms with Crippen molar-refractivity contribution in [2.24, 2.45) is 13.0 Å². The molecular weight excluding hydrogens is 344 g/mol. The number of nitrogens with zero attached hydrogens (tertiary/aromatic N) is 3. The largest absolute Gasteiger partial charge is 0.493 e. The molecule has 0 fully saturated rings. The highest BCUT2D eigenvalue weighted by atomic mass is 16.5. The van der Waals surface area contributed by atoms with Gasteiger partial charge in [-0.25, -0.2) is 9.78 Å². The maximum absolute atomic E-state index is 12.6. The lowest BCUT2D eigenvalue weighted by atomic mass is 10.0. The third-order valence-corrected chi connectivity index (χ3v) is 4.61. The summed E-state index contributed by atoms with van der Waals surface area (Å²) in [6.45, 7) is 4.74. The summed E-state index contributed by atoms with van der Waals surface area (Å²) in [6.07, 6.45) is 4.36. The third-order valence-electron chi connectivity index (χ3n) is 4.61. The molecule has 1 atom stereocenters. The number of amides is 2. The highest BCUT2D eigenvalue weighted by molar-refractivity contribution is 5.74. The number of hydrogen-bond donors (Lipinski definition) is 1. The number of hydrogen-bond acceptors (Lipinski definition) is 4. The van der Waals surface area contributed by atoms with Crippen LogP contribution in [0.25, 0.3) is 0 Å². The van der Waals surface area contributed by atoms with E-state index < -0.39 is 0 Å². The molecule has 2 rings (SSSR count). The van der Waals surface area contributed by atoms with Crippen LogP contribution in [-0.2, 0) is 13.5 Å². The smallest absolute Gasteiger partial charge is 0.317 e. The Morgan fingerprint density at radius 1 is 1.26 bits per heavy atom. The van der Waals surface area contributed by atoms with Crippen LogP contribution in [0.1, 0.15) is 31.3 Å². The Morgan fingerprint density at radius 3 is 2.52 bits per heavy atom. The van der Waals surface area contributed by atoms with Crippen LogP contribution in [0.4, 0.5) is 4.79 Å².